The van der Waals surface area contributed by atoms with Crippen LogP contribution in [0.1, 0.15) is 25.1 Å². The van der Waals surface area contributed by atoms with E-state index in [2.05, 4.69) is 4.98 Å². The minimum atomic E-state index is -0.947. The first-order chi connectivity index (χ1) is 15.2. The van der Waals surface area contributed by atoms with Gasteiger partial charge in [0.1, 0.15) is 34.7 Å². The van der Waals surface area contributed by atoms with Crippen LogP contribution in [0.25, 0.3) is 11.0 Å². The Morgan fingerprint density at radius 2 is 1.78 bits per heavy atom. The molecule has 0 N–H and O–H groups in total. The number of aromatic nitrogens is 2. The smallest absolute Gasteiger partial charge is 0.252 e. The van der Waals surface area contributed by atoms with Crippen molar-refractivity contribution < 1.29 is 13.2 Å². The number of piperazine rings is 1. The summed E-state index contributed by atoms with van der Waals surface area (Å²) in [7, 11) is 1.65. The summed E-state index contributed by atoms with van der Waals surface area (Å²) in [5.74, 6) is -2.76. The molecule has 0 unspecified atom stereocenters. The van der Waals surface area contributed by atoms with Gasteiger partial charge in [-0.2, -0.15) is 5.26 Å². The summed E-state index contributed by atoms with van der Waals surface area (Å²) in [5, 5.41) is 9.27. The molecule has 166 valence electrons. The van der Waals surface area contributed by atoms with Crippen molar-refractivity contribution in [3.63, 3.8) is 0 Å². The van der Waals surface area contributed by atoms with Crippen LogP contribution in [0.5, 0.6) is 0 Å². The molecule has 0 bridgehead atoms. The van der Waals surface area contributed by atoms with Crippen LogP contribution in [-0.4, -0.2) is 39.6 Å². The minimum absolute atomic E-state index is 0.00538. The van der Waals surface area contributed by atoms with E-state index in [0.717, 1.165) is 0 Å². The molecule has 0 aliphatic carbocycles. The Labute approximate surface area is 183 Å². The highest BCUT2D eigenvalue weighted by molar-refractivity contribution is 5.89. The van der Waals surface area contributed by atoms with Crippen molar-refractivity contribution in [3.05, 3.63) is 69.4 Å². The molecule has 1 aromatic carbocycles. The maximum Gasteiger partial charge on any atom is 0.252 e. The number of aryl methyl sites for hydroxylation is 1. The van der Waals surface area contributed by atoms with Crippen molar-refractivity contribution >= 4 is 16.7 Å². The maximum atomic E-state index is 14.2. The van der Waals surface area contributed by atoms with E-state index in [1.807, 2.05) is 29.7 Å². The van der Waals surface area contributed by atoms with E-state index in [0.29, 0.717) is 41.9 Å². The molecule has 1 aliphatic rings. The first kappa shape index (κ1) is 21.8. The molecule has 6 nitrogen and oxygen atoms in total. The predicted octanol–water partition coefficient (Wildman–Crippen LogP) is 3.32. The summed E-state index contributed by atoms with van der Waals surface area (Å²) in [6, 6.07) is 7.96. The Morgan fingerprint density at radius 1 is 1.09 bits per heavy atom. The average molecular weight is 441 g/mol. The van der Waals surface area contributed by atoms with Crippen LogP contribution >= 0.6 is 0 Å². The molecule has 0 spiro atoms. The number of rotatable bonds is 3. The SMILES string of the molecule is C[C@@H]1CN(c2cc(=O)n(C)c3ccc(C#N)nc23)[C@@H](C)CN1Cc1c(F)cc(F)cc1F. The van der Waals surface area contributed by atoms with Crippen LogP contribution in [0, 0.1) is 28.8 Å². The number of pyridine rings is 2. The van der Waals surface area contributed by atoms with Crippen molar-refractivity contribution in [1.82, 2.24) is 14.5 Å². The number of fused-ring (bicyclic) bond motifs is 1. The molecule has 3 heterocycles. The van der Waals surface area contributed by atoms with E-state index in [-0.39, 0.29) is 35.4 Å². The molecule has 2 atom stereocenters. The number of anilines is 1. The second-order valence-electron chi connectivity index (χ2n) is 8.23. The monoisotopic (exact) mass is 441 g/mol. The van der Waals surface area contributed by atoms with Gasteiger partial charge in [0.2, 0.25) is 0 Å². The summed E-state index contributed by atoms with van der Waals surface area (Å²) < 4.78 is 43.1. The first-order valence-electron chi connectivity index (χ1n) is 10.2. The minimum Gasteiger partial charge on any atom is -0.364 e. The van der Waals surface area contributed by atoms with Gasteiger partial charge in [-0.1, -0.05) is 0 Å². The summed E-state index contributed by atoms with van der Waals surface area (Å²) in [5.41, 5.74) is 1.67. The third kappa shape index (κ3) is 3.82. The predicted molar refractivity (Wildman–Crippen MR) is 115 cm³/mol. The molecule has 1 aliphatic heterocycles. The topological polar surface area (TPSA) is 65.2 Å². The number of hydrogen-bond donors (Lipinski definition) is 0. The quantitative estimate of drug-likeness (QED) is 0.624. The molecule has 0 saturated carbocycles. The molecule has 1 saturated heterocycles. The number of nitrogens with zero attached hydrogens (tertiary/aromatic N) is 5. The third-order valence-corrected chi connectivity index (χ3v) is 6.07. The van der Waals surface area contributed by atoms with Crippen LogP contribution in [0.4, 0.5) is 18.9 Å². The lowest BCUT2D eigenvalue weighted by molar-refractivity contribution is 0.154. The van der Waals surface area contributed by atoms with Crippen LogP contribution in [0.3, 0.4) is 0 Å². The molecule has 4 rings (SSSR count). The van der Waals surface area contributed by atoms with Gasteiger partial charge in [-0.3, -0.25) is 9.69 Å². The largest absolute Gasteiger partial charge is 0.364 e. The Hall–Kier alpha value is -3.38. The second-order valence-corrected chi connectivity index (χ2v) is 8.23. The Kier molecular flexibility index (Phi) is 5.65. The second kappa shape index (κ2) is 8.28. The van der Waals surface area contributed by atoms with Crippen LogP contribution in [0.2, 0.25) is 0 Å². The molecule has 0 amide bonds. The Bertz CT molecular complexity index is 1280. The zero-order valence-electron chi connectivity index (χ0n) is 17.9. The fourth-order valence-corrected chi connectivity index (χ4v) is 4.27. The first-order valence-corrected chi connectivity index (χ1v) is 10.2. The molecule has 1 fully saturated rings. The van der Waals surface area contributed by atoms with E-state index in [4.69, 9.17) is 0 Å². The van der Waals surface area contributed by atoms with Gasteiger partial charge < -0.3 is 9.47 Å². The number of hydrogen-bond acceptors (Lipinski definition) is 5. The number of nitriles is 1. The van der Waals surface area contributed by atoms with E-state index in [1.165, 1.54) is 10.6 Å². The fraction of sp³-hybridized carbons (Fsp3) is 0.348. The molecule has 9 heteroatoms. The molecule has 0 radical (unpaired) electrons. The van der Waals surface area contributed by atoms with Gasteiger partial charge >= 0.3 is 0 Å². The molecule has 3 aromatic rings. The zero-order chi connectivity index (χ0) is 23.2. The van der Waals surface area contributed by atoms with Gasteiger partial charge in [0.05, 0.1) is 11.2 Å². The van der Waals surface area contributed by atoms with E-state index in [1.54, 1.807) is 19.2 Å². The summed E-state index contributed by atoms with van der Waals surface area (Å²) >= 11 is 0. The highest BCUT2D eigenvalue weighted by Gasteiger charge is 2.32. The van der Waals surface area contributed by atoms with Crippen molar-refractivity contribution in [2.24, 2.45) is 7.05 Å². The van der Waals surface area contributed by atoms with Gasteiger partial charge in [0, 0.05) is 62.5 Å². The fourth-order valence-electron chi connectivity index (χ4n) is 4.27. The summed E-state index contributed by atoms with van der Waals surface area (Å²) in [6.07, 6.45) is 0. The van der Waals surface area contributed by atoms with Gasteiger partial charge in [0.25, 0.3) is 5.56 Å². The molecular formula is C23H22F3N5O. The van der Waals surface area contributed by atoms with Gasteiger partial charge in [-0.25, -0.2) is 18.2 Å². The summed E-state index contributed by atoms with van der Waals surface area (Å²) in [4.78, 5) is 21.0. The van der Waals surface area contributed by atoms with Crippen molar-refractivity contribution in [1.29, 1.82) is 5.26 Å². The van der Waals surface area contributed by atoms with Gasteiger partial charge in [-0.15, -0.1) is 0 Å². The van der Waals surface area contributed by atoms with Gasteiger partial charge in [-0.05, 0) is 26.0 Å². The van der Waals surface area contributed by atoms with Crippen LogP contribution in [0.15, 0.2) is 35.1 Å². The lowest BCUT2D eigenvalue weighted by Gasteiger charge is -2.45. The Morgan fingerprint density at radius 3 is 2.44 bits per heavy atom. The molecule has 32 heavy (non-hydrogen) atoms. The highest BCUT2D eigenvalue weighted by Crippen LogP contribution is 2.30. The van der Waals surface area contributed by atoms with E-state index >= 15 is 0 Å². The van der Waals surface area contributed by atoms with Crippen molar-refractivity contribution in [2.45, 2.75) is 32.5 Å². The average Bonchev–Trinajstić information content (AvgIpc) is 2.75. The maximum absolute atomic E-state index is 14.2. The normalized spacial score (nSPS) is 19.3. The summed E-state index contributed by atoms with van der Waals surface area (Å²) in [6.45, 7) is 4.83. The van der Waals surface area contributed by atoms with Crippen molar-refractivity contribution in [2.75, 3.05) is 18.0 Å². The molecule has 2 aromatic heterocycles. The van der Waals surface area contributed by atoms with Crippen LogP contribution in [-0.2, 0) is 13.6 Å². The lowest BCUT2D eigenvalue weighted by atomic mass is 10.0. The highest BCUT2D eigenvalue weighted by atomic mass is 19.1. The van der Waals surface area contributed by atoms with E-state index < -0.39 is 17.5 Å². The van der Waals surface area contributed by atoms with Crippen molar-refractivity contribution in [3.8, 4) is 6.07 Å². The lowest BCUT2D eigenvalue weighted by Crippen LogP contribution is -2.56. The Balaban J connectivity index is 1.68. The molecular weight excluding hydrogens is 419 g/mol. The van der Waals surface area contributed by atoms with Gasteiger partial charge in [0.15, 0.2) is 0 Å². The number of benzene rings is 1. The zero-order valence-corrected chi connectivity index (χ0v) is 17.9. The number of halogens is 3. The van der Waals surface area contributed by atoms with Crippen LogP contribution < -0.4 is 10.5 Å². The third-order valence-electron chi connectivity index (χ3n) is 6.07. The van der Waals surface area contributed by atoms with E-state index in [9.17, 15) is 23.2 Å². The standard InChI is InChI=1S/C23H22F3N5O/c1-13-11-31(14(2)10-30(13)12-17-18(25)6-15(24)7-19(17)26)21-8-22(32)29(3)20-5-4-16(9-27)28-23(20)21/h4-8,13-14H,10-12H2,1-3H3/t13-,14+/m1/s1.